The molecule has 0 aliphatic carbocycles. The zero-order valence-electron chi connectivity index (χ0n) is 16.1. The summed E-state index contributed by atoms with van der Waals surface area (Å²) < 4.78 is 5.16. The van der Waals surface area contributed by atoms with Crippen LogP contribution < -0.4 is 10.6 Å². The average molecular weight is 364 g/mol. The van der Waals surface area contributed by atoms with Gasteiger partial charge < -0.3 is 15.2 Å². The van der Waals surface area contributed by atoms with Crippen molar-refractivity contribution in [2.24, 2.45) is 0 Å². The number of ether oxygens (including phenoxy) is 1. The molecule has 0 radical (unpaired) electrons. The molecular formula is C20H32N2O4. The van der Waals surface area contributed by atoms with Crippen LogP contribution in [0.5, 0.6) is 0 Å². The number of rotatable bonds is 10. The van der Waals surface area contributed by atoms with Crippen LogP contribution in [0.15, 0.2) is 30.3 Å². The lowest BCUT2D eigenvalue weighted by Crippen LogP contribution is -2.49. The van der Waals surface area contributed by atoms with Gasteiger partial charge in [-0.25, -0.2) is 4.79 Å². The number of aliphatic hydroxyl groups is 1. The van der Waals surface area contributed by atoms with Gasteiger partial charge in [0.2, 0.25) is 5.91 Å². The number of aliphatic hydroxyl groups excluding tert-OH is 1. The number of nitrogens with one attached hydrogen (secondary N) is 2. The van der Waals surface area contributed by atoms with Crippen molar-refractivity contribution in [3.63, 3.8) is 0 Å². The number of carbonyl (C=O) groups excluding carboxylic acids is 2. The molecule has 1 atom stereocenters. The second kappa shape index (κ2) is 11.6. The van der Waals surface area contributed by atoms with E-state index < -0.39 is 23.6 Å². The maximum absolute atomic E-state index is 12.5. The average Bonchev–Trinajstić information content (AvgIpc) is 2.56. The van der Waals surface area contributed by atoms with Gasteiger partial charge in [0.15, 0.2) is 0 Å². The number of carbonyl (C=O) groups is 2. The molecule has 1 aromatic rings. The summed E-state index contributed by atoms with van der Waals surface area (Å²) in [5, 5.41) is 14.4. The van der Waals surface area contributed by atoms with E-state index >= 15 is 0 Å². The Bertz CT molecular complexity index is 540. The van der Waals surface area contributed by atoms with Gasteiger partial charge in [0, 0.05) is 6.61 Å². The minimum Gasteiger partial charge on any atom is -0.444 e. The fraction of sp³-hybridized carbons (Fsp3) is 0.600. The number of hydrogen-bond donors (Lipinski definition) is 3. The highest BCUT2D eigenvalue weighted by Crippen LogP contribution is 2.08. The topological polar surface area (TPSA) is 87.7 Å². The molecule has 0 saturated carbocycles. The first kappa shape index (κ1) is 22.1. The number of hydrogen-bond acceptors (Lipinski definition) is 5. The van der Waals surface area contributed by atoms with Crippen LogP contribution in [0.1, 0.15) is 52.0 Å². The largest absolute Gasteiger partial charge is 0.444 e. The number of amides is 2. The van der Waals surface area contributed by atoms with E-state index in [2.05, 4.69) is 10.6 Å². The molecule has 0 bridgehead atoms. The van der Waals surface area contributed by atoms with Crippen LogP contribution in [0.3, 0.4) is 0 Å². The quantitative estimate of drug-likeness (QED) is 0.556. The Labute approximate surface area is 156 Å². The second-order valence-corrected chi connectivity index (χ2v) is 7.33. The predicted octanol–water partition coefficient (Wildman–Crippen LogP) is 2.79. The van der Waals surface area contributed by atoms with Gasteiger partial charge in [0.25, 0.3) is 0 Å². The monoisotopic (exact) mass is 364 g/mol. The van der Waals surface area contributed by atoms with Crippen LogP contribution in [0.4, 0.5) is 4.79 Å². The van der Waals surface area contributed by atoms with Gasteiger partial charge in [-0.3, -0.25) is 10.1 Å². The van der Waals surface area contributed by atoms with E-state index in [1.54, 1.807) is 20.8 Å². The fourth-order valence-electron chi connectivity index (χ4n) is 2.47. The molecule has 6 heteroatoms. The van der Waals surface area contributed by atoms with Crippen molar-refractivity contribution in [2.45, 2.75) is 64.5 Å². The van der Waals surface area contributed by atoms with Crippen molar-refractivity contribution < 1.29 is 19.4 Å². The van der Waals surface area contributed by atoms with Crippen LogP contribution in [-0.4, -0.2) is 41.9 Å². The lowest BCUT2D eigenvalue weighted by atomic mass is 10.0. The van der Waals surface area contributed by atoms with Crippen LogP contribution in [0.25, 0.3) is 0 Å². The summed E-state index contributed by atoms with van der Waals surface area (Å²) in [6.45, 7) is 6.14. The number of unbranched alkanes of at least 4 members (excludes halogenated alkanes) is 3. The highest BCUT2D eigenvalue weighted by atomic mass is 16.6. The highest BCUT2D eigenvalue weighted by Gasteiger charge is 2.23. The molecule has 0 fully saturated rings. The highest BCUT2D eigenvalue weighted by molar-refractivity contribution is 5.95. The maximum Gasteiger partial charge on any atom is 0.414 e. The van der Waals surface area contributed by atoms with Crippen molar-refractivity contribution in [1.29, 1.82) is 0 Å². The first-order chi connectivity index (χ1) is 12.3. The van der Waals surface area contributed by atoms with Gasteiger partial charge in [0.05, 0.1) is 6.04 Å². The number of alkyl carbamates (subject to hydrolysis) is 1. The molecule has 0 unspecified atom stereocenters. The minimum atomic E-state index is -0.731. The molecule has 6 nitrogen and oxygen atoms in total. The van der Waals surface area contributed by atoms with Crippen LogP contribution in [-0.2, 0) is 16.0 Å². The molecule has 146 valence electrons. The SMILES string of the molecule is CC(C)(C)OC(=O)NC(=O)[C@H](Cc1ccccc1)NCCCCCCO. The van der Waals surface area contributed by atoms with Crippen molar-refractivity contribution in [2.75, 3.05) is 13.2 Å². The molecule has 0 aliphatic rings. The first-order valence-electron chi connectivity index (χ1n) is 9.24. The van der Waals surface area contributed by atoms with Crippen molar-refractivity contribution in [3.05, 3.63) is 35.9 Å². The number of imide groups is 1. The molecule has 3 N–H and O–H groups in total. The smallest absolute Gasteiger partial charge is 0.414 e. The summed E-state index contributed by atoms with van der Waals surface area (Å²) in [6, 6.07) is 9.17. The Kier molecular flexibility index (Phi) is 9.91. The molecule has 0 spiro atoms. The Morgan fingerprint density at radius 1 is 1.08 bits per heavy atom. The summed E-state index contributed by atoms with van der Waals surface area (Å²) in [5.41, 5.74) is 0.365. The van der Waals surface area contributed by atoms with Gasteiger partial charge in [-0.05, 0) is 52.1 Å². The lowest BCUT2D eigenvalue weighted by molar-refractivity contribution is -0.122. The molecule has 0 saturated heterocycles. The van der Waals surface area contributed by atoms with Crippen molar-refractivity contribution >= 4 is 12.0 Å². The summed E-state index contributed by atoms with van der Waals surface area (Å²) in [4.78, 5) is 24.4. The molecular weight excluding hydrogens is 332 g/mol. The normalized spacial score (nSPS) is 12.5. The molecule has 0 aromatic heterocycles. The van der Waals surface area contributed by atoms with Crippen molar-refractivity contribution in [1.82, 2.24) is 10.6 Å². The van der Waals surface area contributed by atoms with E-state index in [9.17, 15) is 9.59 Å². The van der Waals surface area contributed by atoms with Gasteiger partial charge >= 0.3 is 6.09 Å². The van der Waals surface area contributed by atoms with Crippen LogP contribution in [0, 0.1) is 0 Å². The van der Waals surface area contributed by atoms with Crippen LogP contribution >= 0.6 is 0 Å². The van der Waals surface area contributed by atoms with E-state index in [1.165, 1.54) is 0 Å². The standard InChI is InChI=1S/C20H32N2O4/c1-20(2,3)26-19(25)22-18(24)17(15-16-11-7-6-8-12-16)21-13-9-4-5-10-14-23/h6-8,11-12,17,21,23H,4-5,9-10,13-15H2,1-3H3,(H,22,24,25)/t17-/m0/s1. The van der Waals surface area contributed by atoms with E-state index in [1.807, 2.05) is 30.3 Å². The fourth-order valence-corrected chi connectivity index (χ4v) is 2.47. The van der Waals surface area contributed by atoms with Gasteiger partial charge in [0.1, 0.15) is 5.60 Å². The molecule has 26 heavy (non-hydrogen) atoms. The lowest BCUT2D eigenvalue weighted by Gasteiger charge is -2.22. The van der Waals surface area contributed by atoms with Crippen molar-refractivity contribution in [3.8, 4) is 0 Å². The summed E-state index contributed by atoms with van der Waals surface area (Å²) in [7, 11) is 0. The number of benzene rings is 1. The Hall–Kier alpha value is -1.92. The summed E-state index contributed by atoms with van der Waals surface area (Å²) in [6.07, 6.45) is 3.42. The summed E-state index contributed by atoms with van der Waals surface area (Å²) in [5.74, 6) is -0.390. The Morgan fingerprint density at radius 2 is 1.73 bits per heavy atom. The third kappa shape index (κ3) is 10.2. The predicted molar refractivity (Wildman–Crippen MR) is 102 cm³/mol. The zero-order valence-corrected chi connectivity index (χ0v) is 16.1. The maximum atomic E-state index is 12.5. The van der Waals surface area contributed by atoms with E-state index in [0.29, 0.717) is 13.0 Å². The van der Waals surface area contributed by atoms with E-state index in [4.69, 9.17) is 9.84 Å². The first-order valence-corrected chi connectivity index (χ1v) is 9.24. The summed E-state index contributed by atoms with van der Waals surface area (Å²) >= 11 is 0. The van der Waals surface area contributed by atoms with Gasteiger partial charge in [-0.15, -0.1) is 0 Å². The van der Waals surface area contributed by atoms with Crippen LogP contribution in [0.2, 0.25) is 0 Å². The molecule has 1 aromatic carbocycles. The third-order valence-electron chi connectivity index (χ3n) is 3.70. The van der Waals surface area contributed by atoms with Gasteiger partial charge in [-0.2, -0.15) is 0 Å². The third-order valence-corrected chi connectivity index (χ3v) is 3.70. The molecule has 2 amide bonds. The minimum absolute atomic E-state index is 0.211. The van der Waals surface area contributed by atoms with E-state index in [0.717, 1.165) is 31.2 Å². The van der Waals surface area contributed by atoms with Gasteiger partial charge in [-0.1, -0.05) is 43.2 Å². The Balaban J connectivity index is 2.58. The van der Waals surface area contributed by atoms with E-state index in [-0.39, 0.29) is 6.61 Å². The molecule has 1 rings (SSSR count). The molecule has 0 heterocycles. The second-order valence-electron chi connectivity index (χ2n) is 7.33. The molecule has 0 aliphatic heterocycles. The Morgan fingerprint density at radius 3 is 2.35 bits per heavy atom. The zero-order chi connectivity index (χ0) is 19.4.